The molecule has 0 aromatic heterocycles. The number of primary amides is 1. The maximum absolute atomic E-state index is 12.7. The molecule has 24 heavy (non-hydrogen) atoms. The highest BCUT2D eigenvalue weighted by Gasteiger charge is 2.38. The molecule has 0 spiro atoms. The van der Waals surface area contributed by atoms with Gasteiger partial charge in [0, 0.05) is 37.7 Å². The molecule has 0 radical (unpaired) electrons. The number of nitrogens with two attached hydrogens (primary N) is 1. The van der Waals surface area contributed by atoms with Crippen LogP contribution in [0, 0.1) is 18.8 Å². The van der Waals surface area contributed by atoms with Crippen molar-refractivity contribution >= 4 is 23.4 Å². The Kier molecular flexibility index (Phi) is 4.55. The normalized spacial score (nSPS) is 22.0. The number of aryl methyl sites for hydroxylation is 1. The van der Waals surface area contributed by atoms with Gasteiger partial charge in [-0.2, -0.15) is 0 Å². The van der Waals surface area contributed by atoms with E-state index in [0.29, 0.717) is 32.5 Å². The summed E-state index contributed by atoms with van der Waals surface area (Å²) in [6, 6.07) is 7.76. The number of likely N-dealkylation sites (tertiary alicyclic amines) is 1. The lowest BCUT2D eigenvalue weighted by molar-refractivity contribution is -0.138. The molecule has 6 nitrogen and oxygen atoms in total. The lowest BCUT2D eigenvalue weighted by atomic mass is 9.95. The van der Waals surface area contributed by atoms with Crippen LogP contribution in [0.4, 0.5) is 5.69 Å². The third-order valence-corrected chi connectivity index (χ3v) is 5.03. The summed E-state index contributed by atoms with van der Waals surface area (Å²) in [5, 5.41) is 0. The van der Waals surface area contributed by atoms with Crippen LogP contribution in [0.1, 0.15) is 24.8 Å². The summed E-state index contributed by atoms with van der Waals surface area (Å²) in [5.41, 5.74) is 7.30. The summed E-state index contributed by atoms with van der Waals surface area (Å²) < 4.78 is 0. The number of hydrogen-bond acceptors (Lipinski definition) is 3. The number of hydrogen-bond donors (Lipinski definition) is 1. The van der Waals surface area contributed by atoms with E-state index in [1.165, 1.54) is 0 Å². The van der Waals surface area contributed by atoms with E-state index in [4.69, 9.17) is 5.73 Å². The molecule has 3 amide bonds. The smallest absolute Gasteiger partial charge is 0.228 e. The van der Waals surface area contributed by atoms with Crippen molar-refractivity contribution in [2.45, 2.75) is 26.2 Å². The molecular formula is C18H23N3O3. The highest BCUT2D eigenvalue weighted by atomic mass is 16.2. The molecule has 2 saturated heterocycles. The Bertz CT molecular complexity index is 648. The number of anilines is 1. The molecule has 2 heterocycles. The minimum Gasteiger partial charge on any atom is -0.369 e. The molecule has 6 heteroatoms. The van der Waals surface area contributed by atoms with E-state index < -0.39 is 0 Å². The van der Waals surface area contributed by atoms with Crippen LogP contribution in [-0.4, -0.2) is 42.3 Å². The van der Waals surface area contributed by atoms with Crippen molar-refractivity contribution in [1.29, 1.82) is 0 Å². The molecule has 1 atom stereocenters. The van der Waals surface area contributed by atoms with Gasteiger partial charge < -0.3 is 15.5 Å². The van der Waals surface area contributed by atoms with Gasteiger partial charge in [0.1, 0.15) is 0 Å². The maximum Gasteiger partial charge on any atom is 0.228 e. The summed E-state index contributed by atoms with van der Waals surface area (Å²) in [7, 11) is 0. The molecule has 2 N–H and O–H groups in total. The highest BCUT2D eigenvalue weighted by molar-refractivity contribution is 6.00. The van der Waals surface area contributed by atoms with Crippen molar-refractivity contribution in [3.63, 3.8) is 0 Å². The number of carbonyl (C=O) groups is 3. The fraction of sp³-hybridized carbons (Fsp3) is 0.500. The van der Waals surface area contributed by atoms with Gasteiger partial charge in [0.25, 0.3) is 0 Å². The number of amides is 3. The van der Waals surface area contributed by atoms with Gasteiger partial charge in [0.2, 0.25) is 17.7 Å². The molecule has 3 rings (SSSR count). The number of rotatable bonds is 3. The van der Waals surface area contributed by atoms with Crippen LogP contribution in [-0.2, 0) is 14.4 Å². The van der Waals surface area contributed by atoms with Crippen LogP contribution >= 0.6 is 0 Å². The SMILES string of the molecule is Cc1ccc(N2CC(C(=O)N3CCC(C(N)=O)CC3)CC2=O)cc1. The minimum absolute atomic E-state index is 0.00998. The highest BCUT2D eigenvalue weighted by Crippen LogP contribution is 2.28. The van der Waals surface area contributed by atoms with E-state index in [-0.39, 0.29) is 36.0 Å². The molecule has 1 unspecified atom stereocenters. The summed E-state index contributed by atoms with van der Waals surface area (Å²) >= 11 is 0. The van der Waals surface area contributed by atoms with Crippen molar-refractivity contribution in [2.24, 2.45) is 17.6 Å². The Labute approximate surface area is 141 Å². The van der Waals surface area contributed by atoms with Gasteiger partial charge in [0.15, 0.2) is 0 Å². The molecule has 1 aromatic rings. The summed E-state index contributed by atoms with van der Waals surface area (Å²) in [6.45, 7) is 3.51. The van der Waals surface area contributed by atoms with Crippen LogP contribution in [0.5, 0.6) is 0 Å². The Morgan fingerprint density at radius 1 is 1.08 bits per heavy atom. The second-order valence-corrected chi connectivity index (χ2v) is 6.74. The quantitative estimate of drug-likeness (QED) is 0.900. The molecule has 0 aliphatic carbocycles. The van der Waals surface area contributed by atoms with Crippen molar-refractivity contribution in [3.05, 3.63) is 29.8 Å². The number of piperidine rings is 1. The van der Waals surface area contributed by atoms with Gasteiger partial charge in [-0.1, -0.05) is 17.7 Å². The molecule has 2 aliphatic rings. The average Bonchev–Trinajstić information content (AvgIpc) is 2.97. The van der Waals surface area contributed by atoms with Gasteiger partial charge in [-0.15, -0.1) is 0 Å². The van der Waals surface area contributed by atoms with E-state index >= 15 is 0 Å². The second-order valence-electron chi connectivity index (χ2n) is 6.74. The maximum atomic E-state index is 12.7. The number of nitrogens with zero attached hydrogens (tertiary/aromatic N) is 2. The Hall–Kier alpha value is -2.37. The van der Waals surface area contributed by atoms with Gasteiger partial charge in [0.05, 0.1) is 5.92 Å². The first-order valence-corrected chi connectivity index (χ1v) is 8.41. The van der Waals surface area contributed by atoms with E-state index in [2.05, 4.69) is 0 Å². The Balaban J connectivity index is 1.62. The zero-order chi connectivity index (χ0) is 17.3. The van der Waals surface area contributed by atoms with E-state index in [0.717, 1.165) is 11.3 Å². The van der Waals surface area contributed by atoms with E-state index in [1.54, 1.807) is 9.80 Å². The van der Waals surface area contributed by atoms with Gasteiger partial charge in [-0.3, -0.25) is 14.4 Å². The monoisotopic (exact) mass is 329 g/mol. The Morgan fingerprint density at radius 3 is 2.29 bits per heavy atom. The predicted molar refractivity (Wildman–Crippen MR) is 90.1 cm³/mol. The largest absolute Gasteiger partial charge is 0.369 e. The summed E-state index contributed by atoms with van der Waals surface area (Å²) in [6.07, 6.45) is 1.48. The van der Waals surface area contributed by atoms with Crippen LogP contribution in [0.3, 0.4) is 0 Å². The van der Waals surface area contributed by atoms with Crippen molar-refractivity contribution < 1.29 is 14.4 Å². The summed E-state index contributed by atoms with van der Waals surface area (Å²) in [4.78, 5) is 39.7. The lowest BCUT2D eigenvalue weighted by Gasteiger charge is -2.32. The third kappa shape index (κ3) is 3.27. The fourth-order valence-corrected chi connectivity index (χ4v) is 3.49. The molecular weight excluding hydrogens is 306 g/mol. The molecule has 2 fully saturated rings. The second kappa shape index (κ2) is 6.63. The van der Waals surface area contributed by atoms with Crippen molar-refractivity contribution in [3.8, 4) is 0 Å². The lowest BCUT2D eigenvalue weighted by Crippen LogP contribution is -2.44. The van der Waals surface area contributed by atoms with Gasteiger partial charge in [-0.05, 0) is 31.9 Å². The van der Waals surface area contributed by atoms with Crippen molar-refractivity contribution in [2.75, 3.05) is 24.5 Å². The third-order valence-electron chi connectivity index (χ3n) is 5.03. The first-order valence-electron chi connectivity index (χ1n) is 8.41. The van der Waals surface area contributed by atoms with Crippen LogP contribution in [0.25, 0.3) is 0 Å². The van der Waals surface area contributed by atoms with Crippen LogP contribution in [0.15, 0.2) is 24.3 Å². The molecule has 0 bridgehead atoms. The minimum atomic E-state index is -0.302. The molecule has 128 valence electrons. The zero-order valence-corrected chi connectivity index (χ0v) is 13.9. The topological polar surface area (TPSA) is 83.7 Å². The average molecular weight is 329 g/mol. The number of benzene rings is 1. The van der Waals surface area contributed by atoms with E-state index in [1.807, 2.05) is 31.2 Å². The molecule has 0 saturated carbocycles. The van der Waals surface area contributed by atoms with Crippen molar-refractivity contribution in [1.82, 2.24) is 4.90 Å². The van der Waals surface area contributed by atoms with E-state index in [9.17, 15) is 14.4 Å². The first kappa shape index (κ1) is 16.5. The fourth-order valence-electron chi connectivity index (χ4n) is 3.49. The van der Waals surface area contributed by atoms with Gasteiger partial charge >= 0.3 is 0 Å². The summed E-state index contributed by atoms with van der Waals surface area (Å²) in [5.74, 6) is -0.721. The zero-order valence-electron chi connectivity index (χ0n) is 13.9. The van der Waals surface area contributed by atoms with Crippen LogP contribution in [0.2, 0.25) is 0 Å². The molecule has 1 aromatic carbocycles. The molecule has 2 aliphatic heterocycles. The number of carbonyl (C=O) groups excluding carboxylic acids is 3. The van der Waals surface area contributed by atoms with Gasteiger partial charge in [-0.25, -0.2) is 0 Å². The Morgan fingerprint density at radius 2 is 1.71 bits per heavy atom. The van der Waals surface area contributed by atoms with Crippen LogP contribution < -0.4 is 10.6 Å². The standard InChI is InChI=1S/C18H23N3O3/c1-12-2-4-15(5-3-12)21-11-14(10-16(21)22)18(24)20-8-6-13(7-9-20)17(19)23/h2-5,13-14H,6-11H2,1H3,(H2,19,23). The first-order chi connectivity index (χ1) is 11.5. The predicted octanol–water partition coefficient (Wildman–Crippen LogP) is 1.07.